The quantitative estimate of drug-likeness (QED) is 0.797. The molecule has 1 aromatic rings. The molecule has 1 unspecified atom stereocenters. The smallest absolute Gasteiger partial charge is 0.0249 e. The molecule has 1 fully saturated rings. The molecule has 1 aliphatic rings. The van der Waals surface area contributed by atoms with Crippen molar-refractivity contribution in [1.82, 2.24) is 9.80 Å². The lowest BCUT2D eigenvalue weighted by atomic mass is 9.97. The van der Waals surface area contributed by atoms with Crippen LogP contribution in [0.1, 0.15) is 58.6 Å². The van der Waals surface area contributed by atoms with Gasteiger partial charge in [-0.3, -0.25) is 9.80 Å². The van der Waals surface area contributed by atoms with Crippen LogP contribution in [0.5, 0.6) is 0 Å². The minimum Gasteiger partial charge on any atom is -0.296 e. The van der Waals surface area contributed by atoms with Gasteiger partial charge in [-0.05, 0) is 36.8 Å². The van der Waals surface area contributed by atoms with Gasteiger partial charge in [-0.25, -0.2) is 0 Å². The summed E-state index contributed by atoms with van der Waals surface area (Å²) in [6, 6.07) is 10.5. The highest BCUT2D eigenvalue weighted by atomic mass is 15.3. The van der Waals surface area contributed by atoms with Crippen LogP contribution in [-0.4, -0.2) is 41.5 Å². The number of nitrogens with zero attached hydrogens (tertiary/aromatic N) is 2. The number of piperazine rings is 1. The molecule has 0 spiro atoms. The van der Waals surface area contributed by atoms with Crippen LogP contribution in [0.15, 0.2) is 24.3 Å². The Morgan fingerprint density at radius 2 is 1.77 bits per heavy atom. The minimum atomic E-state index is 0.612. The van der Waals surface area contributed by atoms with E-state index in [9.17, 15) is 0 Å². The third-order valence-corrected chi connectivity index (χ3v) is 5.00. The number of hydrogen-bond acceptors (Lipinski definition) is 2. The fourth-order valence-electron chi connectivity index (χ4n) is 3.57. The molecule has 0 amide bonds. The highest BCUT2D eigenvalue weighted by Crippen LogP contribution is 2.22. The minimum absolute atomic E-state index is 0.612. The van der Waals surface area contributed by atoms with Crippen molar-refractivity contribution in [1.29, 1.82) is 0 Å². The van der Waals surface area contributed by atoms with Crippen molar-refractivity contribution in [3.05, 3.63) is 35.4 Å². The molecular formula is C20H34N2. The summed E-state index contributed by atoms with van der Waals surface area (Å²) in [4.78, 5) is 5.33. The van der Waals surface area contributed by atoms with Gasteiger partial charge in [0.2, 0.25) is 0 Å². The molecule has 0 saturated carbocycles. The predicted octanol–water partition coefficient (Wildman–Crippen LogP) is 4.36. The highest BCUT2D eigenvalue weighted by molar-refractivity contribution is 5.25. The van der Waals surface area contributed by atoms with E-state index in [0.717, 1.165) is 6.54 Å². The SMILES string of the molecule is CC(C)c1cccc(CN2CCN(C(C)C)C(C(C)C)C2)c1. The van der Waals surface area contributed by atoms with E-state index in [1.807, 2.05) is 0 Å². The fourth-order valence-corrected chi connectivity index (χ4v) is 3.57. The van der Waals surface area contributed by atoms with Crippen molar-refractivity contribution in [3.8, 4) is 0 Å². The van der Waals surface area contributed by atoms with Crippen LogP contribution in [-0.2, 0) is 6.54 Å². The second-order valence-electron chi connectivity index (χ2n) is 7.78. The molecule has 22 heavy (non-hydrogen) atoms. The van der Waals surface area contributed by atoms with Crippen molar-refractivity contribution in [2.75, 3.05) is 19.6 Å². The third kappa shape index (κ3) is 4.33. The van der Waals surface area contributed by atoms with Gasteiger partial charge in [0.25, 0.3) is 0 Å². The van der Waals surface area contributed by atoms with Crippen LogP contribution in [0.25, 0.3) is 0 Å². The van der Waals surface area contributed by atoms with Gasteiger partial charge in [-0.2, -0.15) is 0 Å². The maximum absolute atomic E-state index is 2.69. The van der Waals surface area contributed by atoms with Gasteiger partial charge in [0.05, 0.1) is 0 Å². The number of hydrogen-bond donors (Lipinski definition) is 0. The van der Waals surface area contributed by atoms with Crippen molar-refractivity contribution in [2.45, 2.75) is 66.1 Å². The number of rotatable bonds is 5. The van der Waals surface area contributed by atoms with E-state index in [4.69, 9.17) is 0 Å². The van der Waals surface area contributed by atoms with Crippen LogP contribution in [0, 0.1) is 5.92 Å². The van der Waals surface area contributed by atoms with Crippen LogP contribution in [0.2, 0.25) is 0 Å². The first-order valence-electron chi connectivity index (χ1n) is 8.95. The van der Waals surface area contributed by atoms with Gasteiger partial charge >= 0.3 is 0 Å². The molecule has 2 rings (SSSR count). The molecule has 2 nitrogen and oxygen atoms in total. The molecule has 0 aromatic heterocycles. The van der Waals surface area contributed by atoms with Gasteiger partial charge in [-0.1, -0.05) is 52.0 Å². The summed E-state index contributed by atoms with van der Waals surface area (Å²) in [5.41, 5.74) is 2.92. The molecule has 1 saturated heterocycles. The molecule has 0 N–H and O–H groups in total. The van der Waals surface area contributed by atoms with Gasteiger partial charge in [0, 0.05) is 38.3 Å². The zero-order chi connectivity index (χ0) is 16.3. The van der Waals surface area contributed by atoms with E-state index in [0.29, 0.717) is 23.9 Å². The summed E-state index contributed by atoms with van der Waals surface area (Å²) in [5.74, 6) is 1.33. The second kappa shape index (κ2) is 7.61. The summed E-state index contributed by atoms with van der Waals surface area (Å²) in [5, 5.41) is 0. The Balaban J connectivity index is 2.04. The summed E-state index contributed by atoms with van der Waals surface area (Å²) in [6.07, 6.45) is 0. The number of benzene rings is 1. The zero-order valence-corrected chi connectivity index (χ0v) is 15.3. The summed E-state index contributed by atoms with van der Waals surface area (Å²) in [6.45, 7) is 18.6. The Morgan fingerprint density at radius 3 is 2.36 bits per heavy atom. The lowest BCUT2D eigenvalue weighted by molar-refractivity contribution is 0.0251. The average molecular weight is 303 g/mol. The largest absolute Gasteiger partial charge is 0.296 e. The van der Waals surface area contributed by atoms with Gasteiger partial charge in [-0.15, -0.1) is 0 Å². The molecule has 1 aromatic carbocycles. The maximum Gasteiger partial charge on any atom is 0.0249 e. The second-order valence-corrected chi connectivity index (χ2v) is 7.78. The average Bonchev–Trinajstić information content (AvgIpc) is 2.47. The lowest BCUT2D eigenvalue weighted by Crippen LogP contribution is -2.56. The molecule has 1 aliphatic heterocycles. The van der Waals surface area contributed by atoms with Gasteiger partial charge < -0.3 is 0 Å². The first kappa shape index (κ1) is 17.5. The highest BCUT2D eigenvalue weighted by Gasteiger charge is 2.30. The Bertz CT molecular complexity index is 465. The first-order chi connectivity index (χ1) is 10.4. The molecule has 0 radical (unpaired) electrons. The molecule has 124 valence electrons. The molecule has 0 bridgehead atoms. The first-order valence-corrected chi connectivity index (χ1v) is 8.95. The summed E-state index contributed by atoms with van der Waals surface area (Å²) >= 11 is 0. The van der Waals surface area contributed by atoms with Crippen LogP contribution < -0.4 is 0 Å². The standard InChI is InChI=1S/C20H34N2/c1-15(2)19-9-7-8-18(12-19)13-21-10-11-22(17(5)6)20(14-21)16(3)4/h7-9,12,15-17,20H,10-11,13-14H2,1-6H3. The van der Waals surface area contributed by atoms with Crippen molar-refractivity contribution in [3.63, 3.8) is 0 Å². The Kier molecular flexibility index (Phi) is 6.05. The van der Waals surface area contributed by atoms with Crippen LogP contribution >= 0.6 is 0 Å². The fraction of sp³-hybridized carbons (Fsp3) is 0.700. The van der Waals surface area contributed by atoms with E-state index in [1.165, 1.54) is 30.8 Å². The van der Waals surface area contributed by atoms with E-state index in [2.05, 4.69) is 75.6 Å². The lowest BCUT2D eigenvalue weighted by Gasteiger charge is -2.45. The van der Waals surface area contributed by atoms with Crippen molar-refractivity contribution >= 4 is 0 Å². The molecule has 1 atom stereocenters. The Morgan fingerprint density at radius 1 is 1.05 bits per heavy atom. The molecular weight excluding hydrogens is 268 g/mol. The third-order valence-electron chi connectivity index (χ3n) is 5.00. The Labute approximate surface area is 137 Å². The molecule has 2 heteroatoms. The van der Waals surface area contributed by atoms with Crippen LogP contribution in [0.4, 0.5) is 0 Å². The molecule has 1 heterocycles. The molecule has 0 aliphatic carbocycles. The van der Waals surface area contributed by atoms with E-state index in [-0.39, 0.29) is 0 Å². The predicted molar refractivity (Wildman–Crippen MR) is 96.3 cm³/mol. The Hall–Kier alpha value is -0.860. The van der Waals surface area contributed by atoms with E-state index < -0.39 is 0 Å². The van der Waals surface area contributed by atoms with Gasteiger partial charge in [0.15, 0.2) is 0 Å². The topological polar surface area (TPSA) is 6.48 Å². The van der Waals surface area contributed by atoms with E-state index in [1.54, 1.807) is 0 Å². The van der Waals surface area contributed by atoms with Crippen molar-refractivity contribution < 1.29 is 0 Å². The van der Waals surface area contributed by atoms with Crippen LogP contribution in [0.3, 0.4) is 0 Å². The van der Waals surface area contributed by atoms with Crippen molar-refractivity contribution in [2.24, 2.45) is 5.92 Å². The maximum atomic E-state index is 2.69. The zero-order valence-electron chi connectivity index (χ0n) is 15.3. The van der Waals surface area contributed by atoms with E-state index >= 15 is 0 Å². The van der Waals surface area contributed by atoms with Gasteiger partial charge in [0.1, 0.15) is 0 Å². The summed E-state index contributed by atoms with van der Waals surface area (Å²) in [7, 11) is 0. The monoisotopic (exact) mass is 302 g/mol. The normalized spacial score (nSPS) is 21.2. The summed E-state index contributed by atoms with van der Waals surface area (Å²) < 4.78 is 0.